The Morgan fingerprint density at radius 1 is 1.29 bits per heavy atom. The summed E-state index contributed by atoms with van der Waals surface area (Å²) in [6, 6.07) is 0. The molecule has 0 spiro atoms. The molecule has 0 aliphatic carbocycles. The molecule has 0 bridgehead atoms. The number of likely N-dealkylation sites (tertiary alicyclic amines) is 2. The number of piperidine rings is 1. The Morgan fingerprint density at radius 3 is 2.48 bits per heavy atom. The third-order valence-corrected chi connectivity index (χ3v) is 6.23. The number of carbonyl (C=O) groups is 1. The van der Waals surface area contributed by atoms with Crippen molar-refractivity contribution in [2.45, 2.75) is 52.5 Å². The van der Waals surface area contributed by atoms with Gasteiger partial charge in [0.25, 0.3) is 0 Å². The van der Waals surface area contributed by atoms with Gasteiger partial charge >= 0.3 is 0 Å². The van der Waals surface area contributed by atoms with Crippen molar-refractivity contribution < 1.29 is 4.79 Å². The Labute approximate surface area is 130 Å². The van der Waals surface area contributed by atoms with Crippen LogP contribution in [0.1, 0.15) is 47.0 Å². The minimum atomic E-state index is 0.0226. The zero-order valence-electron chi connectivity index (χ0n) is 14.5. The highest BCUT2D eigenvalue weighted by Gasteiger charge is 2.50. The molecule has 0 saturated carbocycles. The summed E-state index contributed by atoms with van der Waals surface area (Å²) in [4.78, 5) is 16.8. The van der Waals surface area contributed by atoms with E-state index >= 15 is 0 Å². The molecule has 0 aromatic carbocycles. The van der Waals surface area contributed by atoms with Gasteiger partial charge in [-0.1, -0.05) is 27.7 Å². The molecule has 21 heavy (non-hydrogen) atoms. The summed E-state index contributed by atoms with van der Waals surface area (Å²) in [5.74, 6) is 0.891. The second kappa shape index (κ2) is 6.25. The van der Waals surface area contributed by atoms with E-state index in [2.05, 4.69) is 45.0 Å². The molecular formula is C17H33N3O. The van der Waals surface area contributed by atoms with Crippen molar-refractivity contribution in [3.63, 3.8) is 0 Å². The van der Waals surface area contributed by atoms with Gasteiger partial charge in [-0.05, 0) is 37.6 Å². The van der Waals surface area contributed by atoms with Crippen LogP contribution in [0.4, 0.5) is 0 Å². The number of hydrogen-bond donors (Lipinski definition) is 1. The fourth-order valence-electron chi connectivity index (χ4n) is 4.20. The maximum absolute atomic E-state index is 12.4. The Bertz CT molecular complexity index is 376. The van der Waals surface area contributed by atoms with E-state index in [0.29, 0.717) is 12.5 Å². The average Bonchev–Trinajstić information content (AvgIpc) is 2.95. The monoisotopic (exact) mass is 295 g/mol. The summed E-state index contributed by atoms with van der Waals surface area (Å²) in [5.41, 5.74) is 0.217. The summed E-state index contributed by atoms with van der Waals surface area (Å²) in [6.07, 6.45) is 3.38. The second-order valence-corrected chi connectivity index (χ2v) is 7.70. The third-order valence-electron chi connectivity index (χ3n) is 6.23. The lowest BCUT2D eigenvalue weighted by Crippen LogP contribution is -2.68. The standard InChI is InChI=1S/C17H33N3O/c1-6-17(13-19(5)12-14(2)16(17,3)4)18-11-15(21)20-9-7-8-10-20/h14,18H,6-13H2,1-5H3. The number of hydrogen-bond acceptors (Lipinski definition) is 3. The van der Waals surface area contributed by atoms with E-state index in [1.54, 1.807) is 0 Å². The van der Waals surface area contributed by atoms with E-state index in [-0.39, 0.29) is 16.9 Å². The predicted molar refractivity (Wildman–Crippen MR) is 87.3 cm³/mol. The van der Waals surface area contributed by atoms with Gasteiger partial charge in [0.2, 0.25) is 5.91 Å². The van der Waals surface area contributed by atoms with E-state index in [0.717, 1.165) is 45.4 Å². The maximum atomic E-state index is 12.4. The van der Waals surface area contributed by atoms with Gasteiger partial charge in [0, 0.05) is 31.7 Å². The minimum absolute atomic E-state index is 0.0226. The van der Waals surface area contributed by atoms with Crippen LogP contribution >= 0.6 is 0 Å². The van der Waals surface area contributed by atoms with Crippen LogP contribution in [0.25, 0.3) is 0 Å². The fraction of sp³-hybridized carbons (Fsp3) is 0.941. The number of nitrogens with one attached hydrogen (secondary N) is 1. The van der Waals surface area contributed by atoms with E-state index in [1.165, 1.54) is 0 Å². The first kappa shape index (κ1) is 16.8. The number of likely N-dealkylation sites (N-methyl/N-ethyl adjacent to an activating group) is 1. The zero-order chi connectivity index (χ0) is 15.7. The van der Waals surface area contributed by atoms with Crippen LogP contribution in [0.15, 0.2) is 0 Å². The lowest BCUT2D eigenvalue weighted by molar-refractivity contribution is -0.130. The molecule has 2 fully saturated rings. The molecule has 1 amide bonds. The van der Waals surface area contributed by atoms with Crippen molar-refractivity contribution in [2.75, 3.05) is 39.8 Å². The van der Waals surface area contributed by atoms with Crippen LogP contribution in [0.3, 0.4) is 0 Å². The minimum Gasteiger partial charge on any atom is -0.342 e. The molecule has 0 radical (unpaired) electrons. The van der Waals surface area contributed by atoms with Gasteiger partial charge in [-0.25, -0.2) is 0 Å². The number of rotatable bonds is 4. The van der Waals surface area contributed by atoms with Crippen LogP contribution in [0.2, 0.25) is 0 Å². The van der Waals surface area contributed by atoms with Crippen LogP contribution < -0.4 is 5.32 Å². The molecule has 2 heterocycles. The van der Waals surface area contributed by atoms with E-state index in [9.17, 15) is 4.79 Å². The van der Waals surface area contributed by atoms with Crippen molar-refractivity contribution in [3.8, 4) is 0 Å². The first-order valence-corrected chi connectivity index (χ1v) is 8.54. The van der Waals surface area contributed by atoms with E-state index < -0.39 is 0 Å². The Kier molecular flexibility index (Phi) is 4.99. The molecular weight excluding hydrogens is 262 g/mol. The average molecular weight is 295 g/mol. The smallest absolute Gasteiger partial charge is 0.236 e. The Morgan fingerprint density at radius 2 is 1.90 bits per heavy atom. The van der Waals surface area contributed by atoms with Gasteiger partial charge in [-0.2, -0.15) is 0 Å². The topological polar surface area (TPSA) is 35.6 Å². The quantitative estimate of drug-likeness (QED) is 0.861. The molecule has 0 aromatic rings. The zero-order valence-corrected chi connectivity index (χ0v) is 14.5. The maximum Gasteiger partial charge on any atom is 0.236 e. The van der Waals surface area contributed by atoms with Crippen LogP contribution in [0.5, 0.6) is 0 Å². The SMILES string of the molecule is CCC1(NCC(=O)N2CCCC2)CN(C)CC(C)C1(C)C. The van der Waals surface area contributed by atoms with Gasteiger partial charge in [0.15, 0.2) is 0 Å². The van der Waals surface area contributed by atoms with Crippen LogP contribution in [-0.2, 0) is 4.79 Å². The van der Waals surface area contributed by atoms with Gasteiger partial charge < -0.3 is 15.1 Å². The van der Waals surface area contributed by atoms with Crippen LogP contribution in [-0.4, -0.2) is 61.0 Å². The molecule has 4 nitrogen and oxygen atoms in total. The van der Waals surface area contributed by atoms with Gasteiger partial charge in [0.1, 0.15) is 0 Å². The second-order valence-electron chi connectivity index (χ2n) is 7.70. The molecule has 2 aliphatic rings. The van der Waals surface area contributed by atoms with Gasteiger partial charge in [-0.15, -0.1) is 0 Å². The fourth-order valence-corrected chi connectivity index (χ4v) is 4.20. The largest absolute Gasteiger partial charge is 0.342 e. The molecule has 122 valence electrons. The number of amides is 1. The summed E-state index contributed by atoms with van der Waals surface area (Å²) >= 11 is 0. The molecule has 2 saturated heterocycles. The highest BCUT2D eigenvalue weighted by molar-refractivity contribution is 5.78. The summed E-state index contributed by atoms with van der Waals surface area (Å²) in [5, 5.41) is 3.68. The van der Waals surface area contributed by atoms with Crippen molar-refractivity contribution in [1.29, 1.82) is 0 Å². The van der Waals surface area contributed by atoms with E-state index in [4.69, 9.17) is 0 Å². The Hall–Kier alpha value is -0.610. The molecule has 1 N–H and O–H groups in total. The molecule has 4 heteroatoms. The summed E-state index contributed by atoms with van der Waals surface area (Å²) in [7, 11) is 2.19. The lowest BCUT2D eigenvalue weighted by Gasteiger charge is -2.56. The molecule has 2 rings (SSSR count). The number of carbonyl (C=O) groups excluding carboxylic acids is 1. The molecule has 2 aliphatic heterocycles. The highest BCUT2D eigenvalue weighted by atomic mass is 16.2. The van der Waals surface area contributed by atoms with Crippen molar-refractivity contribution in [2.24, 2.45) is 11.3 Å². The van der Waals surface area contributed by atoms with Crippen molar-refractivity contribution in [1.82, 2.24) is 15.1 Å². The van der Waals surface area contributed by atoms with Crippen LogP contribution in [0, 0.1) is 11.3 Å². The first-order valence-electron chi connectivity index (χ1n) is 8.54. The molecule has 0 aromatic heterocycles. The summed E-state index contributed by atoms with van der Waals surface area (Å²) < 4.78 is 0. The number of nitrogens with zero attached hydrogens (tertiary/aromatic N) is 2. The molecule has 2 atom stereocenters. The van der Waals surface area contributed by atoms with Crippen molar-refractivity contribution >= 4 is 5.91 Å². The van der Waals surface area contributed by atoms with E-state index in [1.807, 2.05) is 4.90 Å². The predicted octanol–water partition coefficient (Wildman–Crippen LogP) is 1.95. The summed E-state index contributed by atoms with van der Waals surface area (Å²) in [6.45, 7) is 13.8. The Balaban J connectivity index is 2.06. The molecule has 2 unspecified atom stereocenters. The van der Waals surface area contributed by atoms with Gasteiger partial charge in [-0.3, -0.25) is 4.79 Å². The normalized spacial score (nSPS) is 33.4. The third kappa shape index (κ3) is 3.11. The van der Waals surface area contributed by atoms with Gasteiger partial charge in [0.05, 0.1) is 6.54 Å². The first-order chi connectivity index (χ1) is 9.82. The highest BCUT2D eigenvalue weighted by Crippen LogP contribution is 2.44. The van der Waals surface area contributed by atoms with Crippen molar-refractivity contribution in [3.05, 3.63) is 0 Å². The lowest BCUT2D eigenvalue weighted by atomic mass is 9.61.